The van der Waals surface area contributed by atoms with Crippen molar-refractivity contribution < 1.29 is 15.0 Å². The molecule has 0 spiro atoms. The van der Waals surface area contributed by atoms with E-state index in [0.29, 0.717) is 13.0 Å². The average molecular weight is 187 g/mol. The highest BCUT2D eigenvalue weighted by molar-refractivity contribution is 5.73. The quantitative estimate of drug-likeness (QED) is 0.527. The molecular weight excluding hydrogens is 174 g/mol. The molecule has 1 atom stereocenters. The van der Waals surface area contributed by atoms with Gasteiger partial charge < -0.3 is 15.5 Å². The Morgan fingerprint density at radius 3 is 2.62 bits per heavy atom. The molecule has 1 aliphatic rings. The first kappa shape index (κ1) is 10.1. The lowest BCUT2D eigenvalue weighted by atomic mass is 10.2. The van der Waals surface area contributed by atoms with E-state index in [1.165, 1.54) is 0 Å². The number of nitrogens with zero attached hydrogens (tertiary/aromatic N) is 2. The number of carbonyl (C=O) groups is 1. The molecule has 0 aliphatic carbocycles. The topological polar surface area (TPSA) is 94.3 Å². The van der Waals surface area contributed by atoms with Crippen LogP contribution in [0.1, 0.15) is 13.3 Å². The Morgan fingerprint density at radius 1 is 1.62 bits per heavy atom. The third-order valence-corrected chi connectivity index (χ3v) is 1.91. The van der Waals surface area contributed by atoms with Crippen molar-refractivity contribution in [2.75, 3.05) is 13.2 Å². The SMILES string of the molecule is CC1(CCN[C@@H](CO)C(=O)O)N=N1. The molecule has 1 aliphatic heterocycles. The monoisotopic (exact) mass is 187 g/mol. The zero-order valence-electron chi connectivity index (χ0n) is 7.40. The standard InChI is InChI=1S/C7H13N3O3/c1-7(9-10-7)2-3-8-5(4-11)6(12)13/h5,8,11H,2-4H2,1H3,(H,12,13)/t5-/m0/s1. The lowest BCUT2D eigenvalue weighted by molar-refractivity contribution is -0.140. The van der Waals surface area contributed by atoms with E-state index in [4.69, 9.17) is 10.2 Å². The zero-order valence-corrected chi connectivity index (χ0v) is 7.40. The molecule has 6 nitrogen and oxygen atoms in total. The van der Waals surface area contributed by atoms with Crippen LogP contribution in [0.4, 0.5) is 0 Å². The molecule has 13 heavy (non-hydrogen) atoms. The first-order chi connectivity index (χ1) is 6.07. The summed E-state index contributed by atoms with van der Waals surface area (Å²) in [5.74, 6) is -1.04. The van der Waals surface area contributed by atoms with Crippen LogP contribution in [0.25, 0.3) is 0 Å². The van der Waals surface area contributed by atoms with Crippen molar-refractivity contribution in [1.29, 1.82) is 0 Å². The highest BCUT2D eigenvalue weighted by atomic mass is 16.4. The predicted octanol–water partition coefficient (Wildman–Crippen LogP) is -0.406. The number of carboxylic acid groups (broad SMARTS) is 1. The fraction of sp³-hybridized carbons (Fsp3) is 0.857. The van der Waals surface area contributed by atoms with Gasteiger partial charge in [0.05, 0.1) is 6.61 Å². The van der Waals surface area contributed by atoms with E-state index in [9.17, 15) is 4.79 Å². The summed E-state index contributed by atoms with van der Waals surface area (Å²) in [6.45, 7) is 1.95. The summed E-state index contributed by atoms with van der Waals surface area (Å²) >= 11 is 0. The second kappa shape index (κ2) is 3.80. The summed E-state index contributed by atoms with van der Waals surface area (Å²) in [7, 11) is 0. The minimum atomic E-state index is -1.04. The Balaban J connectivity index is 2.13. The molecule has 1 heterocycles. The van der Waals surface area contributed by atoms with Crippen molar-refractivity contribution in [3.05, 3.63) is 0 Å². The average Bonchev–Trinajstić information content (AvgIpc) is 2.77. The maximum absolute atomic E-state index is 10.4. The van der Waals surface area contributed by atoms with Crippen LogP contribution in [-0.2, 0) is 4.79 Å². The van der Waals surface area contributed by atoms with E-state index in [0.717, 1.165) is 0 Å². The van der Waals surface area contributed by atoms with Gasteiger partial charge in [-0.3, -0.25) is 4.79 Å². The minimum absolute atomic E-state index is 0.314. The van der Waals surface area contributed by atoms with Gasteiger partial charge in [0.2, 0.25) is 0 Å². The van der Waals surface area contributed by atoms with Crippen molar-refractivity contribution in [1.82, 2.24) is 5.32 Å². The fourth-order valence-electron chi connectivity index (χ4n) is 0.899. The zero-order chi connectivity index (χ0) is 9.90. The van der Waals surface area contributed by atoms with Gasteiger partial charge in [0.15, 0.2) is 5.66 Å². The number of aliphatic carboxylic acids is 1. The lowest BCUT2D eigenvalue weighted by Crippen LogP contribution is -2.41. The number of aliphatic hydroxyl groups is 1. The second-order valence-electron chi connectivity index (χ2n) is 3.19. The van der Waals surface area contributed by atoms with Gasteiger partial charge in [-0.25, -0.2) is 0 Å². The Hall–Kier alpha value is -1.01. The van der Waals surface area contributed by atoms with Crippen molar-refractivity contribution in [2.45, 2.75) is 25.0 Å². The maximum Gasteiger partial charge on any atom is 0.323 e. The summed E-state index contributed by atoms with van der Waals surface area (Å²) in [6, 6.07) is -0.887. The molecule has 0 bridgehead atoms. The molecule has 0 aromatic rings. The first-order valence-corrected chi connectivity index (χ1v) is 4.08. The molecule has 3 N–H and O–H groups in total. The predicted molar refractivity (Wildman–Crippen MR) is 44.4 cm³/mol. The van der Waals surface area contributed by atoms with Gasteiger partial charge in [-0.15, -0.1) is 0 Å². The van der Waals surface area contributed by atoms with Gasteiger partial charge >= 0.3 is 5.97 Å². The molecule has 0 unspecified atom stereocenters. The molecule has 0 saturated carbocycles. The molecule has 0 radical (unpaired) electrons. The summed E-state index contributed by atoms with van der Waals surface area (Å²) in [4.78, 5) is 10.4. The lowest BCUT2D eigenvalue weighted by Gasteiger charge is -2.11. The highest BCUT2D eigenvalue weighted by Gasteiger charge is 2.33. The number of hydrogen-bond acceptors (Lipinski definition) is 5. The van der Waals surface area contributed by atoms with Crippen LogP contribution in [0.2, 0.25) is 0 Å². The van der Waals surface area contributed by atoms with Gasteiger partial charge in [0, 0.05) is 13.0 Å². The van der Waals surface area contributed by atoms with Gasteiger partial charge in [0.1, 0.15) is 6.04 Å². The molecule has 0 fully saturated rings. The number of nitrogens with one attached hydrogen (secondary N) is 1. The molecule has 0 aromatic heterocycles. The molecule has 1 rings (SSSR count). The van der Waals surface area contributed by atoms with E-state index < -0.39 is 18.6 Å². The van der Waals surface area contributed by atoms with Crippen LogP contribution >= 0.6 is 0 Å². The van der Waals surface area contributed by atoms with Gasteiger partial charge in [-0.05, 0) is 6.92 Å². The van der Waals surface area contributed by atoms with E-state index >= 15 is 0 Å². The molecule has 74 valence electrons. The molecule has 0 saturated heterocycles. The van der Waals surface area contributed by atoms with Crippen molar-refractivity contribution >= 4 is 5.97 Å². The van der Waals surface area contributed by atoms with Crippen molar-refractivity contribution in [2.24, 2.45) is 10.2 Å². The third-order valence-electron chi connectivity index (χ3n) is 1.91. The number of hydrogen-bond donors (Lipinski definition) is 3. The van der Waals surface area contributed by atoms with Crippen LogP contribution in [-0.4, -0.2) is 41.0 Å². The summed E-state index contributed by atoms with van der Waals surface area (Å²) < 4.78 is 0. The third kappa shape index (κ3) is 3.08. The smallest absolute Gasteiger partial charge is 0.323 e. The molecule has 0 aromatic carbocycles. The Labute approximate surface area is 75.7 Å². The van der Waals surface area contributed by atoms with E-state index in [2.05, 4.69) is 15.5 Å². The Kier molecular flexibility index (Phi) is 2.94. The summed E-state index contributed by atoms with van der Waals surface area (Å²) in [6.07, 6.45) is 0.663. The van der Waals surface area contributed by atoms with Crippen LogP contribution in [0.3, 0.4) is 0 Å². The second-order valence-corrected chi connectivity index (χ2v) is 3.19. The van der Waals surface area contributed by atoms with Crippen LogP contribution < -0.4 is 5.32 Å². The van der Waals surface area contributed by atoms with E-state index in [1.807, 2.05) is 6.92 Å². The van der Waals surface area contributed by atoms with E-state index in [1.54, 1.807) is 0 Å². The minimum Gasteiger partial charge on any atom is -0.480 e. The molecule has 0 amide bonds. The largest absolute Gasteiger partial charge is 0.480 e. The number of carboxylic acids is 1. The number of aliphatic hydroxyl groups excluding tert-OH is 1. The van der Waals surface area contributed by atoms with Crippen molar-refractivity contribution in [3.63, 3.8) is 0 Å². The van der Waals surface area contributed by atoms with Gasteiger partial charge in [-0.1, -0.05) is 0 Å². The van der Waals surface area contributed by atoms with Crippen LogP contribution in [0.15, 0.2) is 10.2 Å². The van der Waals surface area contributed by atoms with Crippen LogP contribution in [0.5, 0.6) is 0 Å². The fourth-order valence-corrected chi connectivity index (χ4v) is 0.899. The highest BCUT2D eigenvalue weighted by Crippen LogP contribution is 2.29. The number of rotatable bonds is 6. The summed E-state index contributed by atoms with van der Waals surface area (Å²) in [5.41, 5.74) is -0.314. The summed E-state index contributed by atoms with van der Waals surface area (Å²) in [5, 5.41) is 27.4. The van der Waals surface area contributed by atoms with Crippen LogP contribution in [0, 0.1) is 0 Å². The Bertz CT molecular complexity index is 223. The first-order valence-electron chi connectivity index (χ1n) is 4.08. The Morgan fingerprint density at radius 2 is 2.23 bits per heavy atom. The molecular formula is C7H13N3O3. The normalized spacial score (nSPS) is 19.8. The van der Waals surface area contributed by atoms with Gasteiger partial charge in [-0.2, -0.15) is 10.2 Å². The van der Waals surface area contributed by atoms with Crippen molar-refractivity contribution in [3.8, 4) is 0 Å². The molecule has 6 heteroatoms. The van der Waals surface area contributed by atoms with E-state index in [-0.39, 0.29) is 5.66 Å². The maximum atomic E-state index is 10.4. The van der Waals surface area contributed by atoms with Gasteiger partial charge in [0.25, 0.3) is 0 Å².